The minimum absolute atomic E-state index is 0.258. The highest BCUT2D eigenvalue weighted by Crippen LogP contribution is 2.61. The van der Waals surface area contributed by atoms with Gasteiger partial charge in [0.1, 0.15) is 0 Å². The average molecular weight is 1060 g/mol. The Morgan fingerprint density at radius 3 is 1.04 bits per heavy atom. The summed E-state index contributed by atoms with van der Waals surface area (Å²) in [6, 6.07) is 110. The normalized spacial score (nSPS) is 14.7. The second-order valence-electron chi connectivity index (χ2n) is 23.5. The van der Waals surface area contributed by atoms with Crippen molar-refractivity contribution in [2.75, 3.05) is 23.9 Å². The van der Waals surface area contributed by atoms with Gasteiger partial charge < -0.3 is 9.80 Å². The molecule has 0 atom stereocenters. The molecule has 0 saturated carbocycles. The number of para-hydroxylation sites is 4. The number of hydrogen-bond acceptors (Lipinski definition) is 2. The monoisotopic (exact) mass is 1060 g/mol. The summed E-state index contributed by atoms with van der Waals surface area (Å²) in [6.45, 7) is 4.85. The molecule has 2 heteroatoms. The van der Waals surface area contributed by atoms with Crippen molar-refractivity contribution >= 4 is 44.3 Å². The summed E-state index contributed by atoms with van der Waals surface area (Å²) in [5.74, 6) is 0. The number of fused-ring (bicyclic) bond motifs is 9. The Kier molecular flexibility index (Phi) is 10.9. The molecular formula is C81H60N2. The first-order valence-corrected chi connectivity index (χ1v) is 29.2. The highest BCUT2D eigenvalue weighted by atomic mass is 15.1. The Balaban J connectivity index is 1.03. The largest absolute Gasteiger partial charge is 0.344 e. The summed E-state index contributed by atoms with van der Waals surface area (Å²) in [6.07, 6.45) is 0. The summed E-state index contributed by atoms with van der Waals surface area (Å²) < 4.78 is 0. The van der Waals surface area contributed by atoms with Crippen LogP contribution in [0.4, 0.5) is 22.7 Å². The standard InChI is InChI=1S/C81H60N2/c1-79(2)68-45-18-17-36-59(68)62-41-25-44-65(76(62)79)75-60-39-23-37-57(63-42-26-48-71-77(63)82(3)73-50-21-19-46-69(73)80(71,53-28-9-5-10-29-53)54-30-11-6-12-31-54)66(60)52-67-58(38-24-40-61(67)75)64-43-27-49-72-78(64)83(4)74-51-22-20-47-70(74)81(72,55-32-13-7-14-33-55)56-34-15-8-16-35-56/h5-52H,1-4H3. The summed E-state index contributed by atoms with van der Waals surface area (Å²) in [5.41, 5.74) is 26.0. The topological polar surface area (TPSA) is 6.48 Å². The van der Waals surface area contributed by atoms with Gasteiger partial charge in [0.15, 0.2) is 0 Å². The average Bonchev–Trinajstić information content (AvgIpc) is 1.61. The van der Waals surface area contributed by atoms with E-state index in [1.165, 1.54) is 144 Å². The van der Waals surface area contributed by atoms with Crippen LogP contribution in [-0.2, 0) is 16.2 Å². The molecule has 2 heterocycles. The Morgan fingerprint density at radius 2 is 0.578 bits per heavy atom. The Hall–Kier alpha value is -10.0. The van der Waals surface area contributed by atoms with Gasteiger partial charge in [-0.2, -0.15) is 0 Å². The Morgan fingerprint density at radius 1 is 0.253 bits per heavy atom. The summed E-state index contributed by atoms with van der Waals surface area (Å²) in [7, 11) is 4.55. The lowest BCUT2D eigenvalue weighted by Gasteiger charge is -2.46. The number of rotatable bonds is 7. The fourth-order valence-electron chi connectivity index (χ4n) is 15.9. The highest BCUT2D eigenvalue weighted by Gasteiger charge is 2.48. The fourth-order valence-corrected chi connectivity index (χ4v) is 15.9. The molecule has 13 aromatic carbocycles. The molecule has 1 aliphatic carbocycles. The van der Waals surface area contributed by atoms with Gasteiger partial charge in [-0.25, -0.2) is 0 Å². The molecule has 0 bridgehead atoms. The molecule has 13 aromatic rings. The van der Waals surface area contributed by atoms with Crippen LogP contribution >= 0.6 is 0 Å². The highest BCUT2D eigenvalue weighted by molar-refractivity contribution is 6.21. The Labute approximate surface area is 486 Å². The summed E-state index contributed by atoms with van der Waals surface area (Å²) in [4.78, 5) is 4.94. The van der Waals surface area contributed by atoms with Crippen LogP contribution in [0.2, 0.25) is 0 Å². The van der Waals surface area contributed by atoms with Gasteiger partial charge in [-0.05, 0) is 129 Å². The number of hydrogen-bond donors (Lipinski definition) is 0. The molecule has 2 aliphatic heterocycles. The smallest absolute Gasteiger partial charge is 0.0742 e. The van der Waals surface area contributed by atoms with Crippen LogP contribution in [0.5, 0.6) is 0 Å². The van der Waals surface area contributed by atoms with E-state index in [0.717, 1.165) is 0 Å². The van der Waals surface area contributed by atoms with Crippen molar-refractivity contribution in [2.24, 2.45) is 0 Å². The first-order valence-electron chi connectivity index (χ1n) is 29.2. The van der Waals surface area contributed by atoms with Gasteiger partial charge in [0.25, 0.3) is 0 Å². The second-order valence-corrected chi connectivity index (χ2v) is 23.5. The van der Waals surface area contributed by atoms with Gasteiger partial charge in [-0.1, -0.05) is 287 Å². The predicted octanol–water partition coefficient (Wildman–Crippen LogP) is 20.2. The number of nitrogens with zero attached hydrogens (tertiary/aromatic N) is 2. The third-order valence-electron chi connectivity index (χ3n) is 19.2. The zero-order valence-electron chi connectivity index (χ0n) is 47.1. The van der Waals surface area contributed by atoms with E-state index in [1.807, 2.05) is 0 Å². The van der Waals surface area contributed by atoms with Gasteiger partial charge in [-0.3, -0.25) is 0 Å². The maximum absolute atomic E-state index is 2.55. The molecular weight excluding hydrogens is 1000 g/mol. The lowest BCUT2D eigenvalue weighted by Crippen LogP contribution is -2.38. The first kappa shape index (κ1) is 48.8. The maximum atomic E-state index is 2.55. The van der Waals surface area contributed by atoms with Gasteiger partial charge in [0, 0.05) is 42.0 Å². The zero-order valence-corrected chi connectivity index (χ0v) is 47.1. The lowest BCUT2D eigenvalue weighted by atomic mass is 9.62. The molecule has 0 unspecified atom stereocenters. The van der Waals surface area contributed by atoms with Crippen molar-refractivity contribution in [1.29, 1.82) is 0 Å². The summed E-state index contributed by atoms with van der Waals surface area (Å²) >= 11 is 0. The molecule has 0 saturated heterocycles. The fraction of sp³-hybridized carbons (Fsp3) is 0.0864. The van der Waals surface area contributed by atoms with Crippen molar-refractivity contribution < 1.29 is 0 Å². The van der Waals surface area contributed by atoms with E-state index in [1.54, 1.807) is 0 Å². The Bertz CT molecular complexity index is 4400. The number of benzene rings is 13. The van der Waals surface area contributed by atoms with E-state index < -0.39 is 10.8 Å². The van der Waals surface area contributed by atoms with Crippen LogP contribution in [0.25, 0.3) is 66.1 Å². The van der Waals surface area contributed by atoms with Crippen molar-refractivity contribution in [2.45, 2.75) is 30.1 Å². The van der Waals surface area contributed by atoms with Gasteiger partial charge in [0.2, 0.25) is 0 Å². The van der Waals surface area contributed by atoms with E-state index in [-0.39, 0.29) is 5.41 Å². The van der Waals surface area contributed by atoms with Crippen LogP contribution in [0.1, 0.15) is 69.5 Å². The quantitative estimate of drug-likeness (QED) is 0.147. The van der Waals surface area contributed by atoms with Crippen molar-refractivity contribution in [3.63, 3.8) is 0 Å². The van der Waals surface area contributed by atoms with Crippen molar-refractivity contribution in [3.8, 4) is 44.5 Å². The third kappa shape index (κ3) is 6.72. The number of anilines is 4. The van der Waals surface area contributed by atoms with Crippen LogP contribution in [0, 0.1) is 0 Å². The van der Waals surface area contributed by atoms with Crippen LogP contribution in [0.15, 0.2) is 291 Å². The molecule has 2 nitrogen and oxygen atoms in total. The van der Waals surface area contributed by atoms with Crippen molar-refractivity contribution in [1.82, 2.24) is 0 Å². The molecule has 0 aromatic heterocycles. The maximum Gasteiger partial charge on any atom is 0.0742 e. The van der Waals surface area contributed by atoms with Gasteiger partial charge in [-0.15, -0.1) is 0 Å². The molecule has 0 fully saturated rings. The molecule has 3 aliphatic rings. The molecule has 0 amide bonds. The SMILES string of the molecule is CN1c2ccccc2C(c2ccccc2)(c2ccccc2)c2cccc(-c3cccc4c(-c5cccc6c5C(C)(C)c5ccccc5-6)c5cccc(-c6cccc7c6N(C)c6ccccc6C7(c6ccccc6)c6ccccc6)c5cc34)c21. The van der Waals surface area contributed by atoms with Crippen LogP contribution in [0.3, 0.4) is 0 Å². The van der Waals surface area contributed by atoms with E-state index in [4.69, 9.17) is 0 Å². The van der Waals surface area contributed by atoms with E-state index in [9.17, 15) is 0 Å². The molecule has 83 heavy (non-hydrogen) atoms. The molecule has 16 rings (SSSR count). The minimum Gasteiger partial charge on any atom is -0.344 e. The van der Waals surface area contributed by atoms with E-state index in [2.05, 4.69) is 329 Å². The molecule has 0 spiro atoms. The van der Waals surface area contributed by atoms with Crippen LogP contribution in [-0.4, -0.2) is 14.1 Å². The molecule has 0 radical (unpaired) electrons. The summed E-state index contributed by atoms with van der Waals surface area (Å²) in [5, 5.41) is 4.89. The molecule has 0 N–H and O–H groups in total. The second kappa shape index (κ2) is 18.5. The van der Waals surface area contributed by atoms with Crippen LogP contribution < -0.4 is 9.80 Å². The minimum atomic E-state index is -0.608. The molecule has 394 valence electrons. The van der Waals surface area contributed by atoms with E-state index >= 15 is 0 Å². The third-order valence-corrected chi connectivity index (χ3v) is 19.2. The lowest BCUT2D eigenvalue weighted by molar-refractivity contribution is 0.662. The predicted molar refractivity (Wildman–Crippen MR) is 348 cm³/mol. The zero-order chi connectivity index (χ0) is 55.6. The van der Waals surface area contributed by atoms with Crippen molar-refractivity contribution in [3.05, 3.63) is 347 Å². The van der Waals surface area contributed by atoms with E-state index in [0.29, 0.717) is 0 Å². The van der Waals surface area contributed by atoms with Gasteiger partial charge in [0.05, 0.1) is 22.2 Å². The van der Waals surface area contributed by atoms with Gasteiger partial charge >= 0.3 is 0 Å². The first-order chi connectivity index (χ1) is 40.8.